The summed E-state index contributed by atoms with van der Waals surface area (Å²) in [6.45, 7) is 6.14. The Bertz CT molecular complexity index is 1590. The number of nitrogens with zero attached hydrogens (tertiary/aromatic N) is 2. The molecule has 0 spiro atoms. The van der Waals surface area contributed by atoms with Gasteiger partial charge in [0.05, 0.1) is 41.4 Å². The number of imidazole rings is 1. The van der Waals surface area contributed by atoms with Crippen molar-refractivity contribution in [3.05, 3.63) is 87.4 Å². The molecule has 2 heterocycles. The zero-order valence-electron chi connectivity index (χ0n) is 21.3. The first-order valence-corrected chi connectivity index (χ1v) is 12.5. The van der Waals surface area contributed by atoms with E-state index in [4.69, 9.17) is 21.1 Å². The van der Waals surface area contributed by atoms with Crippen LogP contribution < -0.4 is 14.4 Å². The standard InChI is InChI=1S/C29H26ClN3O5/c1-5-38-23-14-18(9-10-20(23)30)26(34)24-25(17-7-6-8-19(13-17)37-4)33(28(36)27(24)35)29-31-21-11-15(2)16(3)12-22(21)32-29/h6-14,25,34H,5H2,1-4H3,(H,31,32)/b26-24+. The fourth-order valence-electron chi connectivity index (χ4n) is 4.62. The van der Waals surface area contributed by atoms with Crippen LogP contribution in [0, 0.1) is 13.8 Å². The van der Waals surface area contributed by atoms with Gasteiger partial charge in [-0.1, -0.05) is 23.7 Å². The Labute approximate surface area is 224 Å². The average Bonchev–Trinajstić information content (AvgIpc) is 3.42. The molecule has 194 valence electrons. The number of fused-ring (bicyclic) bond motifs is 1. The Hall–Kier alpha value is -4.30. The summed E-state index contributed by atoms with van der Waals surface area (Å²) in [4.78, 5) is 36.1. The van der Waals surface area contributed by atoms with Crippen LogP contribution in [-0.2, 0) is 9.59 Å². The minimum Gasteiger partial charge on any atom is -0.507 e. The summed E-state index contributed by atoms with van der Waals surface area (Å²) in [7, 11) is 1.53. The van der Waals surface area contributed by atoms with Crippen LogP contribution in [0.1, 0.15) is 35.2 Å². The number of ether oxygens (including phenoxy) is 2. The second-order valence-electron chi connectivity index (χ2n) is 9.04. The number of H-pyrrole nitrogens is 1. The van der Waals surface area contributed by atoms with E-state index in [0.717, 1.165) is 16.6 Å². The van der Waals surface area contributed by atoms with Crippen molar-refractivity contribution in [2.24, 2.45) is 0 Å². The molecule has 2 N–H and O–H groups in total. The topological polar surface area (TPSA) is 105 Å². The van der Waals surface area contributed by atoms with Crippen molar-refractivity contribution >= 4 is 46.0 Å². The highest BCUT2D eigenvalue weighted by Gasteiger charge is 2.48. The quantitative estimate of drug-likeness (QED) is 0.183. The lowest BCUT2D eigenvalue weighted by Gasteiger charge is -2.23. The van der Waals surface area contributed by atoms with E-state index in [1.165, 1.54) is 12.0 Å². The predicted octanol–water partition coefficient (Wildman–Crippen LogP) is 5.87. The van der Waals surface area contributed by atoms with Gasteiger partial charge >= 0.3 is 5.91 Å². The summed E-state index contributed by atoms with van der Waals surface area (Å²) in [5.74, 6) is -0.909. The van der Waals surface area contributed by atoms with Crippen LogP contribution in [0.2, 0.25) is 5.02 Å². The van der Waals surface area contributed by atoms with E-state index in [1.54, 1.807) is 42.5 Å². The zero-order valence-corrected chi connectivity index (χ0v) is 22.1. The van der Waals surface area contributed by atoms with Gasteiger partial charge in [0, 0.05) is 5.56 Å². The van der Waals surface area contributed by atoms with Crippen molar-refractivity contribution < 1.29 is 24.2 Å². The van der Waals surface area contributed by atoms with Crippen molar-refractivity contribution in [1.82, 2.24) is 9.97 Å². The molecule has 1 aliphatic rings. The molecule has 4 aromatic rings. The fourth-order valence-corrected chi connectivity index (χ4v) is 4.79. The second-order valence-corrected chi connectivity index (χ2v) is 9.45. The van der Waals surface area contributed by atoms with E-state index < -0.39 is 17.7 Å². The van der Waals surface area contributed by atoms with Crippen LogP contribution in [-0.4, -0.2) is 40.5 Å². The number of Topliss-reactive ketones (excluding diaryl/α,β-unsaturated/α-hetero) is 1. The summed E-state index contributed by atoms with van der Waals surface area (Å²) >= 11 is 6.23. The van der Waals surface area contributed by atoms with Gasteiger partial charge in [0.25, 0.3) is 5.78 Å². The molecular formula is C29H26ClN3O5. The summed E-state index contributed by atoms with van der Waals surface area (Å²) in [6, 6.07) is 14.6. The molecule has 38 heavy (non-hydrogen) atoms. The molecule has 8 nitrogen and oxygen atoms in total. The third-order valence-electron chi connectivity index (χ3n) is 6.67. The number of ketones is 1. The van der Waals surface area contributed by atoms with Gasteiger partial charge in [0.15, 0.2) is 0 Å². The predicted molar refractivity (Wildman–Crippen MR) is 146 cm³/mol. The number of rotatable bonds is 6. The Morgan fingerprint density at radius 2 is 1.87 bits per heavy atom. The molecule has 1 aromatic heterocycles. The van der Waals surface area contributed by atoms with Gasteiger partial charge in [-0.25, -0.2) is 4.98 Å². The van der Waals surface area contributed by atoms with E-state index in [0.29, 0.717) is 39.8 Å². The normalized spacial score (nSPS) is 16.9. The summed E-state index contributed by atoms with van der Waals surface area (Å²) in [6.07, 6.45) is 0. The Morgan fingerprint density at radius 1 is 1.11 bits per heavy atom. The number of hydrogen-bond donors (Lipinski definition) is 2. The number of aliphatic hydroxyl groups is 1. The number of anilines is 1. The molecule has 1 fully saturated rings. The first-order chi connectivity index (χ1) is 18.2. The maximum Gasteiger partial charge on any atom is 0.302 e. The molecule has 5 rings (SSSR count). The van der Waals surface area contributed by atoms with Crippen LogP contribution in [0.25, 0.3) is 16.8 Å². The minimum atomic E-state index is -0.973. The molecular weight excluding hydrogens is 506 g/mol. The van der Waals surface area contributed by atoms with E-state index in [-0.39, 0.29) is 17.3 Å². The number of carbonyl (C=O) groups excluding carboxylic acids is 2. The molecule has 9 heteroatoms. The molecule has 1 amide bonds. The molecule has 0 radical (unpaired) electrons. The highest BCUT2D eigenvalue weighted by molar-refractivity contribution is 6.51. The molecule has 1 aliphatic heterocycles. The molecule has 1 atom stereocenters. The first-order valence-electron chi connectivity index (χ1n) is 12.1. The summed E-state index contributed by atoms with van der Waals surface area (Å²) in [5, 5.41) is 11.8. The lowest BCUT2D eigenvalue weighted by Crippen LogP contribution is -2.30. The average molecular weight is 532 g/mol. The van der Waals surface area contributed by atoms with Gasteiger partial charge in [0.2, 0.25) is 5.95 Å². The van der Waals surface area contributed by atoms with Crippen molar-refractivity contribution in [1.29, 1.82) is 0 Å². The highest BCUT2D eigenvalue weighted by atomic mass is 35.5. The number of nitrogens with one attached hydrogen (secondary N) is 1. The monoisotopic (exact) mass is 531 g/mol. The number of aliphatic hydroxyl groups excluding tert-OH is 1. The summed E-state index contributed by atoms with van der Waals surface area (Å²) in [5.41, 5.74) is 4.28. The van der Waals surface area contributed by atoms with Gasteiger partial charge in [-0.3, -0.25) is 14.5 Å². The molecule has 0 saturated carbocycles. The van der Waals surface area contributed by atoms with Crippen molar-refractivity contribution in [2.45, 2.75) is 26.8 Å². The number of benzene rings is 3. The summed E-state index contributed by atoms with van der Waals surface area (Å²) < 4.78 is 11.0. The van der Waals surface area contributed by atoms with Gasteiger partial charge in [-0.2, -0.15) is 0 Å². The number of methoxy groups -OCH3 is 1. The minimum absolute atomic E-state index is 0.0826. The second kappa shape index (κ2) is 9.87. The van der Waals surface area contributed by atoms with Crippen LogP contribution in [0.15, 0.2) is 60.2 Å². The number of carbonyl (C=O) groups is 2. The maximum atomic E-state index is 13.5. The van der Waals surface area contributed by atoms with E-state index in [2.05, 4.69) is 9.97 Å². The number of aromatic nitrogens is 2. The van der Waals surface area contributed by atoms with Gasteiger partial charge in [0.1, 0.15) is 17.3 Å². The Kier molecular flexibility index (Phi) is 6.59. The van der Waals surface area contributed by atoms with Crippen molar-refractivity contribution in [2.75, 3.05) is 18.6 Å². The number of halogens is 1. The van der Waals surface area contributed by atoms with Crippen molar-refractivity contribution in [3.63, 3.8) is 0 Å². The van der Waals surface area contributed by atoms with Crippen LogP contribution in [0.5, 0.6) is 11.5 Å². The molecule has 0 bridgehead atoms. The van der Waals surface area contributed by atoms with Crippen LogP contribution in [0.3, 0.4) is 0 Å². The van der Waals surface area contributed by atoms with E-state index in [1.807, 2.05) is 32.9 Å². The largest absolute Gasteiger partial charge is 0.507 e. The molecule has 3 aromatic carbocycles. The third kappa shape index (κ3) is 4.26. The lowest BCUT2D eigenvalue weighted by molar-refractivity contribution is -0.132. The van der Waals surface area contributed by atoms with Crippen LogP contribution in [0.4, 0.5) is 5.95 Å². The zero-order chi connectivity index (χ0) is 27.1. The van der Waals surface area contributed by atoms with Crippen LogP contribution >= 0.6 is 11.6 Å². The molecule has 1 unspecified atom stereocenters. The molecule has 1 saturated heterocycles. The molecule has 0 aliphatic carbocycles. The number of aryl methyl sites for hydroxylation is 2. The van der Waals surface area contributed by atoms with E-state index in [9.17, 15) is 14.7 Å². The van der Waals surface area contributed by atoms with Crippen molar-refractivity contribution in [3.8, 4) is 11.5 Å². The number of hydrogen-bond acceptors (Lipinski definition) is 6. The Morgan fingerprint density at radius 3 is 2.61 bits per heavy atom. The van der Waals surface area contributed by atoms with Gasteiger partial charge in [-0.05, 0) is 79.9 Å². The van der Waals surface area contributed by atoms with Gasteiger partial charge in [-0.15, -0.1) is 0 Å². The first kappa shape index (κ1) is 25.4. The SMILES string of the molecule is CCOc1cc(/C(O)=C2\C(=O)C(=O)N(c3nc4cc(C)c(C)cc4[nH]3)C2c2cccc(OC)c2)ccc1Cl. The third-order valence-corrected chi connectivity index (χ3v) is 6.98. The highest BCUT2D eigenvalue weighted by Crippen LogP contribution is 2.43. The number of amides is 1. The smallest absolute Gasteiger partial charge is 0.302 e. The number of aromatic amines is 1. The maximum absolute atomic E-state index is 13.5. The van der Waals surface area contributed by atoms with Gasteiger partial charge < -0.3 is 19.6 Å². The fraction of sp³-hybridized carbons (Fsp3) is 0.207. The lowest BCUT2D eigenvalue weighted by atomic mass is 9.95. The Balaban J connectivity index is 1.73. The van der Waals surface area contributed by atoms with E-state index >= 15 is 0 Å².